The molecule has 4 aromatic carbocycles. The number of nitrogens with zero attached hydrogens (tertiary/aromatic N) is 7. The molecule has 0 saturated heterocycles. The van der Waals surface area contributed by atoms with Crippen molar-refractivity contribution in [2.75, 3.05) is 26.4 Å². The van der Waals surface area contributed by atoms with Crippen molar-refractivity contribution in [3.63, 3.8) is 0 Å². The van der Waals surface area contributed by atoms with Gasteiger partial charge in [-0.05, 0) is 91.4 Å². The van der Waals surface area contributed by atoms with Gasteiger partial charge in [-0.15, -0.1) is 4.73 Å². The van der Waals surface area contributed by atoms with E-state index in [1.165, 1.54) is 0 Å². The Balaban J connectivity index is 1.52. The lowest BCUT2D eigenvalue weighted by Gasteiger charge is -2.27. The summed E-state index contributed by atoms with van der Waals surface area (Å²) in [5, 5.41) is 2.95. The van der Waals surface area contributed by atoms with E-state index in [9.17, 15) is 0 Å². The predicted molar refractivity (Wildman–Crippen MR) is 286 cm³/mol. The molecule has 2 aliphatic rings. The molecule has 12 nitrogen and oxygen atoms in total. The van der Waals surface area contributed by atoms with Crippen LogP contribution in [-0.2, 0) is 0 Å². The molecule has 8 bridgehead atoms. The van der Waals surface area contributed by atoms with Gasteiger partial charge in [-0.2, -0.15) is 0 Å². The van der Waals surface area contributed by atoms with Crippen molar-refractivity contribution in [2.24, 2.45) is 21.7 Å². The first-order chi connectivity index (χ1) is 31.9. The van der Waals surface area contributed by atoms with Crippen LogP contribution in [0.15, 0.2) is 72.5 Å². The molecule has 68 heavy (non-hydrogen) atoms. The van der Waals surface area contributed by atoms with E-state index in [-0.39, 0.29) is 21.7 Å². The molecule has 0 radical (unpaired) electrons. The van der Waals surface area contributed by atoms with Gasteiger partial charge in [-0.1, -0.05) is 132 Å². The summed E-state index contributed by atoms with van der Waals surface area (Å²) < 4.78 is 25.4. The van der Waals surface area contributed by atoms with Gasteiger partial charge in [0, 0.05) is 46.4 Å². The summed E-state index contributed by atoms with van der Waals surface area (Å²) in [6, 6.07) is 18.0. The average Bonchev–Trinajstić information content (AvgIpc) is 3.96. The van der Waals surface area contributed by atoms with E-state index in [4.69, 9.17) is 49.0 Å². The van der Waals surface area contributed by atoms with E-state index in [0.29, 0.717) is 105 Å². The standard InChI is InChI=1S/C52H54Br4N8O4/c1-49(2,3)22-65-38-34-33(37(56)39(66-23-50(4,5)6)40(38)67-24-51(7,8)9)45-60-44-32-30(21-31(53)35(54)36(32)55)43(59-44)63-48-29-20-16-15-19-28(29)47(64(48)68-25-52(10,11)12)62-42-27-18-14-13-17-26(27)41(57-42)58-46(34)61-45/h13-21H,22-25H2,1-12H3,(H,57,58,59,60,61,62,63). The fourth-order valence-corrected chi connectivity index (χ4v) is 9.89. The van der Waals surface area contributed by atoms with E-state index >= 15 is 0 Å². The molecule has 16 heteroatoms. The van der Waals surface area contributed by atoms with Gasteiger partial charge in [-0.3, -0.25) is 0 Å². The van der Waals surface area contributed by atoms with Crippen LogP contribution in [0.5, 0.6) is 17.2 Å². The molecule has 0 amide bonds. The predicted octanol–water partition coefficient (Wildman–Crippen LogP) is 15.1. The Morgan fingerprint density at radius 2 is 0.926 bits per heavy atom. The van der Waals surface area contributed by atoms with Gasteiger partial charge in [0.05, 0.1) is 35.1 Å². The number of nitrogens with one attached hydrogen (secondary N) is 1. The molecule has 5 heterocycles. The smallest absolute Gasteiger partial charge is 0.205 e. The fraction of sp³-hybridized carbons (Fsp3) is 0.385. The third-order valence-corrected chi connectivity index (χ3v) is 14.8. The zero-order chi connectivity index (χ0) is 48.8. The van der Waals surface area contributed by atoms with Crippen molar-refractivity contribution < 1.29 is 19.0 Å². The highest BCUT2D eigenvalue weighted by atomic mass is 79.9. The molecule has 1 N–H and O–H groups in total. The molecule has 0 atom stereocenters. The molecule has 3 aromatic heterocycles. The number of hydrogen-bond acceptors (Lipinski definition) is 10. The second-order valence-electron chi connectivity index (χ2n) is 22.2. The second-order valence-corrected chi connectivity index (χ2v) is 25.4. The van der Waals surface area contributed by atoms with E-state index in [2.05, 4.69) is 152 Å². The Labute approximate surface area is 429 Å². The molecule has 7 aromatic rings. The number of rotatable bonds is 8. The van der Waals surface area contributed by atoms with Crippen molar-refractivity contribution in [1.29, 1.82) is 0 Å². The first-order valence-corrected chi connectivity index (χ1v) is 25.7. The van der Waals surface area contributed by atoms with Crippen LogP contribution in [0.3, 0.4) is 0 Å². The number of aromatic amines is 1. The third kappa shape index (κ3) is 9.51. The van der Waals surface area contributed by atoms with Gasteiger partial charge >= 0.3 is 0 Å². The first kappa shape index (κ1) is 48.4. The lowest BCUT2D eigenvalue weighted by atomic mass is 9.98. The molecule has 0 unspecified atom stereocenters. The van der Waals surface area contributed by atoms with E-state index in [1.54, 1.807) is 4.73 Å². The molecule has 0 fully saturated rings. The minimum absolute atomic E-state index is 0.194. The summed E-state index contributed by atoms with van der Waals surface area (Å²) in [5.41, 5.74) is 4.22. The monoisotopic (exact) mass is 1170 g/mol. The van der Waals surface area contributed by atoms with Crippen LogP contribution in [0.1, 0.15) is 83.1 Å². The number of halogens is 4. The summed E-state index contributed by atoms with van der Waals surface area (Å²) >= 11 is 15.6. The lowest BCUT2D eigenvalue weighted by Crippen LogP contribution is -2.24. The van der Waals surface area contributed by atoms with Crippen LogP contribution in [0, 0.1) is 21.7 Å². The maximum absolute atomic E-state index is 6.99. The highest BCUT2D eigenvalue weighted by Gasteiger charge is 2.32. The lowest BCUT2D eigenvalue weighted by molar-refractivity contribution is 0.0679. The molecular formula is C52H54Br4N8O4. The maximum Gasteiger partial charge on any atom is 0.205 e. The Hall–Kier alpha value is -4.64. The number of fused-ring (bicyclic) bond motifs is 20. The zero-order valence-corrected chi connectivity index (χ0v) is 46.6. The first-order valence-electron chi connectivity index (χ1n) is 22.5. The molecular weight excluding hydrogens is 1120 g/mol. The van der Waals surface area contributed by atoms with E-state index in [0.717, 1.165) is 46.4 Å². The number of H-pyrrole nitrogens is 1. The van der Waals surface area contributed by atoms with Gasteiger partial charge < -0.3 is 24.0 Å². The quantitative estimate of drug-likeness (QED) is 0.147. The normalized spacial score (nSPS) is 12.9. The summed E-state index contributed by atoms with van der Waals surface area (Å²) in [7, 11) is 0. The van der Waals surface area contributed by atoms with Gasteiger partial charge in [0.25, 0.3) is 0 Å². The van der Waals surface area contributed by atoms with Crippen LogP contribution >= 0.6 is 63.7 Å². The fourth-order valence-electron chi connectivity index (χ4n) is 7.60. The Morgan fingerprint density at radius 3 is 1.49 bits per heavy atom. The Bertz CT molecular complexity index is 3360. The molecule has 0 saturated carbocycles. The van der Waals surface area contributed by atoms with Gasteiger partial charge in [0.1, 0.15) is 17.9 Å². The molecule has 0 spiro atoms. The van der Waals surface area contributed by atoms with Gasteiger partial charge in [0.2, 0.25) is 5.75 Å². The van der Waals surface area contributed by atoms with Crippen LogP contribution in [-0.4, -0.2) is 66.0 Å². The number of ether oxygens (including phenoxy) is 3. The van der Waals surface area contributed by atoms with Crippen molar-refractivity contribution >= 4 is 108 Å². The molecule has 354 valence electrons. The van der Waals surface area contributed by atoms with Crippen molar-refractivity contribution in [3.05, 3.63) is 72.5 Å². The highest BCUT2D eigenvalue weighted by Crippen LogP contribution is 2.54. The van der Waals surface area contributed by atoms with Crippen LogP contribution < -0.4 is 19.0 Å². The highest BCUT2D eigenvalue weighted by molar-refractivity contribution is 9.14. The van der Waals surface area contributed by atoms with Crippen LogP contribution in [0.4, 0.5) is 0 Å². The van der Waals surface area contributed by atoms with Crippen LogP contribution in [0.2, 0.25) is 0 Å². The summed E-state index contributed by atoms with van der Waals surface area (Å²) in [6.07, 6.45) is 0. The molecule has 0 aliphatic carbocycles. The Kier molecular flexibility index (Phi) is 12.6. The summed E-state index contributed by atoms with van der Waals surface area (Å²) in [6.45, 7) is 27.1. The van der Waals surface area contributed by atoms with Crippen molar-refractivity contribution in [2.45, 2.75) is 83.1 Å². The maximum atomic E-state index is 6.99. The second kappa shape index (κ2) is 17.6. The number of aromatic nitrogens is 8. The topological polar surface area (TPSA) is 135 Å². The number of hydrogen-bond donors (Lipinski definition) is 1. The Morgan fingerprint density at radius 1 is 0.471 bits per heavy atom. The summed E-state index contributed by atoms with van der Waals surface area (Å²) in [5.74, 6) is 3.17. The summed E-state index contributed by atoms with van der Waals surface area (Å²) in [4.78, 5) is 42.5. The number of benzene rings is 4. The van der Waals surface area contributed by atoms with Crippen molar-refractivity contribution in [3.8, 4) is 62.8 Å². The average molecular weight is 1170 g/mol. The SMILES string of the molecule is CC(C)(C)COc1c(OCC(C)(C)C)c(OCC(C)(C)C)c2c3nc4nc(nc5c6ccccc6c(nc6nc(nc([nH]3)c2c1Br)-c1c-6cc(Br)c(Br)c1Br)n5OCC(C)(C)C)-c1ccccc1-4. The van der Waals surface area contributed by atoms with E-state index in [1.807, 2.05) is 54.6 Å². The third-order valence-electron chi connectivity index (χ3n) is 10.7. The molecule has 2 aliphatic heterocycles. The van der Waals surface area contributed by atoms with Crippen LogP contribution in [0.25, 0.3) is 89.7 Å². The van der Waals surface area contributed by atoms with Gasteiger partial charge in [0.15, 0.2) is 46.1 Å². The minimum Gasteiger partial charge on any atom is -0.488 e. The van der Waals surface area contributed by atoms with Crippen molar-refractivity contribution in [1.82, 2.24) is 39.6 Å². The largest absolute Gasteiger partial charge is 0.488 e. The zero-order valence-electron chi connectivity index (χ0n) is 40.3. The minimum atomic E-state index is -0.232. The van der Waals surface area contributed by atoms with E-state index < -0.39 is 0 Å². The molecule has 9 rings (SSSR count). The van der Waals surface area contributed by atoms with Gasteiger partial charge in [-0.25, -0.2) is 29.9 Å².